The van der Waals surface area contributed by atoms with E-state index >= 15 is 0 Å². The van der Waals surface area contributed by atoms with Crippen LogP contribution in [-0.2, 0) is 6.54 Å². The molecule has 0 saturated heterocycles. The highest BCUT2D eigenvalue weighted by molar-refractivity contribution is 5.35. The van der Waals surface area contributed by atoms with Crippen LogP contribution >= 0.6 is 0 Å². The summed E-state index contributed by atoms with van der Waals surface area (Å²) in [5.41, 5.74) is 0.989. The van der Waals surface area contributed by atoms with E-state index in [1.165, 1.54) is 0 Å². The molecule has 0 radical (unpaired) electrons. The minimum atomic E-state index is 0.0237. The third-order valence-corrected chi connectivity index (χ3v) is 2.37. The maximum Gasteiger partial charge on any atom is 0.181 e. The van der Waals surface area contributed by atoms with E-state index in [4.69, 9.17) is 0 Å². The van der Waals surface area contributed by atoms with Gasteiger partial charge in [-0.1, -0.05) is 6.07 Å². The molecule has 4 nitrogen and oxygen atoms in total. The topological polar surface area (TPSA) is 46.9 Å². The van der Waals surface area contributed by atoms with Crippen molar-refractivity contribution in [2.45, 2.75) is 13.5 Å². The SMILES string of the molecule is CCNc1cccc(Cn2ccc(=O)cc2)n1. The van der Waals surface area contributed by atoms with Gasteiger partial charge in [-0.2, -0.15) is 0 Å². The molecule has 0 unspecified atom stereocenters. The van der Waals surface area contributed by atoms with Gasteiger partial charge in [0.2, 0.25) is 0 Å². The van der Waals surface area contributed by atoms with Crippen molar-refractivity contribution in [2.75, 3.05) is 11.9 Å². The smallest absolute Gasteiger partial charge is 0.181 e. The number of hydrogen-bond donors (Lipinski definition) is 1. The zero-order valence-corrected chi connectivity index (χ0v) is 9.76. The Hall–Kier alpha value is -2.10. The molecule has 2 rings (SSSR count). The maximum atomic E-state index is 11.0. The van der Waals surface area contributed by atoms with E-state index in [1.54, 1.807) is 24.5 Å². The quantitative estimate of drug-likeness (QED) is 0.868. The van der Waals surface area contributed by atoms with Crippen LogP contribution in [0.5, 0.6) is 0 Å². The highest BCUT2D eigenvalue weighted by Gasteiger charge is 1.97. The number of anilines is 1. The average Bonchev–Trinajstić information content (AvgIpc) is 2.33. The van der Waals surface area contributed by atoms with Crippen LogP contribution in [0.15, 0.2) is 47.5 Å². The van der Waals surface area contributed by atoms with Crippen molar-refractivity contribution in [1.29, 1.82) is 0 Å². The predicted molar refractivity (Wildman–Crippen MR) is 68.2 cm³/mol. The lowest BCUT2D eigenvalue weighted by atomic mass is 10.3. The second kappa shape index (κ2) is 5.30. The summed E-state index contributed by atoms with van der Waals surface area (Å²) in [5.74, 6) is 0.881. The van der Waals surface area contributed by atoms with Gasteiger partial charge in [0.15, 0.2) is 5.43 Å². The van der Waals surface area contributed by atoms with E-state index in [0.29, 0.717) is 6.54 Å². The first kappa shape index (κ1) is 11.4. The Morgan fingerprint density at radius 2 is 2.00 bits per heavy atom. The molecule has 0 amide bonds. The van der Waals surface area contributed by atoms with Crippen molar-refractivity contribution in [1.82, 2.24) is 9.55 Å². The monoisotopic (exact) mass is 229 g/mol. The standard InChI is InChI=1S/C13H15N3O/c1-2-14-13-5-3-4-11(15-13)10-16-8-6-12(17)7-9-16/h3-9H,2,10H2,1H3,(H,14,15). The third-order valence-electron chi connectivity index (χ3n) is 2.37. The van der Waals surface area contributed by atoms with Gasteiger partial charge in [0.1, 0.15) is 5.82 Å². The summed E-state index contributed by atoms with van der Waals surface area (Å²) < 4.78 is 1.93. The minimum absolute atomic E-state index is 0.0237. The van der Waals surface area contributed by atoms with E-state index in [9.17, 15) is 4.79 Å². The van der Waals surface area contributed by atoms with Crippen molar-refractivity contribution in [3.63, 3.8) is 0 Å². The van der Waals surface area contributed by atoms with Gasteiger partial charge in [0.25, 0.3) is 0 Å². The summed E-state index contributed by atoms with van der Waals surface area (Å²) in [6.45, 7) is 3.56. The molecule has 0 spiro atoms. The molecule has 0 aliphatic heterocycles. The summed E-state index contributed by atoms with van der Waals surface area (Å²) in [6.07, 6.45) is 3.54. The zero-order chi connectivity index (χ0) is 12.1. The third kappa shape index (κ3) is 3.17. The van der Waals surface area contributed by atoms with Crippen LogP contribution in [0, 0.1) is 0 Å². The highest BCUT2D eigenvalue weighted by atomic mass is 16.1. The fourth-order valence-corrected chi connectivity index (χ4v) is 1.58. The molecule has 2 heterocycles. The van der Waals surface area contributed by atoms with Gasteiger partial charge in [-0.3, -0.25) is 4.79 Å². The van der Waals surface area contributed by atoms with Crippen LogP contribution < -0.4 is 10.7 Å². The summed E-state index contributed by atoms with van der Waals surface area (Å²) in [5, 5.41) is 3.17. The average molecular weight is 229 g/mol. The molecule has 0 bridgehead atoms. The van der Waals surface area contributed by atoms with E-state index in [1.807, 2.05) is 29.7 Å². The second-order valence-electron chi connectivity index (χ2n) is 3.75. The van der Waals surface area contributed by atoms with Crippen LogP contribution in [-0.4, -0.2) is 16.1 Å². The number of aromatic nitrogens is 2. The first-order valence-electron chi connectivity index (χ1n) is 5.64. The summed E-state index contributed by atoms with van der Waals surface area (Å²) in [7, 11) is 0. The number of nitrogens with zero attached hydrogens (tertiary/aromatic N) is 2. The van der Waals surface area contributed by atoms with Crippen molar-refractivity contribution in [2.24, 2.45) is 0 Å². The van der Waals surface area contributed by atoms with Crippen LogP contribution in [0.3, 0.4) is 0 Å². The molecule has 4 heteroatoms. The van der Waals surface area contributed by atoms with Crippen molar-refractivity contribution >= 4 is 5.82 Å². The second-order valence-corrected chi connectivity index (χ2v) is 3.75. The van der Waals surface area contributed by atoms with Crippen LogP contribution in [0.1, 0.15) is 12.6 Å². The summed E-state index contributed by atoms with van der Waals surface area (Å²) in [4.78, 5) is 15.4. The summed E-state index contributed by atoms with van der Waals surface area (Å²) in [6, 6.07) is 8.99. The summed E-state index contributed by atoms with van der Waals surface area (Å²) >= 11 is 0. The molecule has 0 saturated carbocycles. The Balaban J connectivity index is 2.15. The lowest BCUT2D eigenvalue weighted by molar-refractivity contribution is 0.766. The molecule has 2 aromatic heterocycles. The van der Waals surface area contributed by atoms with E-state index in [0.717, 1.165) is 18.1 Å². The molecule has 0 aromatic carbocycles. The lowest BCUT2D eigenvalue weighted by Crippen LogP contribution is -2.07. The Kier molecular flexibility index (Phi) is 3.55. The van der Waals surface area contributed by atoms with Crippen molar-refractivity contribution < 1.29 is 0 Å². The zero-order valence-electron chi connectivity index (χ0n) is 9.76. The molecule has 0 atom stereocenters. The molecule has 17 heavy (non-hydrogen) atoms. The lowest BCUT2D eigenvalue weighted by Gasteiger charge is -2.07. The fraction of sp³-hybridized carbons (Fsp3) is 0.231. The van der Waals surface area contributed by atoms with Gasteiger partial charge in [-0.15, -0.1) is 0 Å². The normalized spacial score (nSPS) is 10.2. The molecule has 88 valence electrons. The molecular formula is C13H15N3O. The van der Waals surface area contributed by atoms with Crippen LogP contribution in [0.25, 0.3) is 0 Å². The van der Waals surface area contributed by atoms with Gasteiger partial charge in [-0.05, 0) is 19.1 Å². The van der Waals surface area contributed by atoms with E-state index in [-0.39, 0.29) is 5.43 Å². The molecular weight excluding hydrogens is 214 g/mol. The largest absolute Gasteiger partial charge is 0.370 e. The fourth-order valence-electron chi connectivity index (χ4n) is 1.58. The Labute approximate surface area is 99.9 Å². The minimum Gasteiger partial charge on any atom is -0.370 e. The molecule has 0 aliphatic rings. The van der Waals surface area contributed by atoms with Gasteiger partial charge in [0.05, 0.1) is 12.2 Å². The number of hydrogen-bond acceptors (Lipinski definition) is 3. The molecule has 2 aromatic rings. The maximum absolute atomic E-state index is 11.0. The van der Waals surface area contributed by atoms with Gasteiger partial charge >= 0.3 is 0 Å². The Morgan fingerprint density at radius 1 is 1.24 bits per heavy atom. The predicted octanol–water partition coefficient (Wildman–Crippen LogP) is 1.72. The first-order chi connectivity index (χ1) is 8.28. The number of rotatable bonds is 4. The molecule has 0 aliphatic carbocycles. The first-order valence-corrected chi connectivity index (χ1v) is 5.64. The molecule has 0 fully saturated rings. The van der Waals surface area contributed by atoms with E-state index in [2.05, 4.69) is 10.3 Å². The Morgan fingerprint density at radius 3 is 2.71 bits per heavy atom. The number of nitrogens with one attached hydrogen (secondary N) is 1. The Bertz CT molecular complexity index is 528. The van der Waals surface area contributed by atoms with Crippen LogP contribution in [0.4, 0.5) is 5.82 Å². The number of pyridine rings is 2. The van der Waals surface area contributed by atoms with Gasteiger partial charge < -0.3 is 9.88 Å². The van der Waals surface area contributed by atoms with Gasteiger partial charge in [0, 0.05) is 31.1 Å². The molecule has 1 N–H and O–H groups in total. The van der Waals surface area contributed by atoms with Crippen LogP contribution in [0.2, 0.25) is 0 Å². The van der Waals surface area contributed by atoms with Gasteiger partial charge in [-0.25, -0.2) is 4.98 Å². The van der Waals surface area contributed by atoms with E-state index < -0.39 is 0 Å². The highest BCUT2D eigenvalue weighted by Crippen LogP contribution is 2.05. The van der Waals surface area contributed by atoms with Crippen molar-refractivity contribution in [3.05, 3.63) is 58.6 Å². The van der Waals surface area contributed by atoms with Crippen molar-refractivity contribution in [3.8, 4) is 0 Å².